The van der Waals surface area contributed by atoms with Gasteiger partial charge in [0.25, 0.3) is 0 Å². The maximum atomic E-state index is 8.61. The highest BCUT2D eigenvalue weighted by atomic mass is 79.9. The Morgan fingerprint density at radius 1 is 1.46 bits per heavy atom. The van der Waals surface area contributed by atoms with Gasteiger partial charge in [-0.15, -0.1) is 0 Å². The molecule has 0 bridgehead atoms. The second-order valence-corrected chi connectivity index (χ2v) is 3.62. The van der Waals surface area contributed by atoms with E-state index in [9.17, 15) is 0 Å². The molecule has 4 nitrogen and oxygen atoms in total. The zero-order valence-electron chi connectivity index (χ0n) is 6.20. The van der Waals surface area contributed by atoms with Crippen LogP contribution < -0.4 is 5.48 Å². The smallest absolute Gasteiger partial charge is 0.218 e. The van der Waals surface area contributed by atoms with E-state index < -0.39 is 0 Å². The summed E-state index contributed by atoms with van der Waals surface area (Å²) < 4.78 is 11.5. The summed E-state index contributed by atoms with van der Waals surface area (Å²) in [5.41, 5.74) is 2.84. The third-order valence-electron chi connectivity index (χ3n) is 1.51. The minimum absolute atomic E-state index is 0.180. The van der Waals surface area contributed by atoms with Crippen LogP contribution in [0.15, 0.2) is 25.6 Å². The fourth-order valence-electron chi connectivity index (χ4n) is 0.970. The van der Waals surface area contributed by atoms with Crippen LogP contribution in [-0.4, -0.2) is 5.21 Å². The normalized spacial score (nSPS) is 10.6. The van der Waals surface area contributed by atoms with Crippen LogP contribution in [0.5, 0.6) is 0 Å². The summed E-state index contributed by atoms with van der Waals surface area (Å²) in [4.78, 5) is 0. The van der Waals surface area contributed by atoms with Crippen molar-refractivity contribution in [3.05, 3.63) is 21.3 Å². The lowest BCUT2D eigenvalue weighted by atomic mass is 10.4. The van der Waals surface area contributed by atoms with Crippen molar-refractivity contribution in [2.75, 3.05) is 5.48 Å². The summed E-state index contributed by atoms with van der Waals surface area (Å²) in [6, 6.07) is 1.47. The summed E-state index contributed by atoms with van der Waals surface area (Å²) in [7, 11) is 0. The van der Waals surface area contributed by atoms with Crippen LogP contribution >= 0.6 is 28.1 Å². The van der Waals surface area contributed by atoms with Crippen molar-refractivity contribution in [2.24, 2.45) is 0 Å². The molecule has 0 aliphatic rings. The van der Waals surface area contributed by atoms with Gasteiger partial charge in [0.05, 0.1) is 8.98 Å². The number of nitrogens with one attached hydrogen (secondary N) is 1. The van der Waals surface area contributed by atoms with E-state index in [0.29, 0.717) is 20.1 Å². The van der Waals surface area contributed by atoms with Gasteiger partial charge in [-0.2, -0.15) is 0 Å². The minimum atomic E-state index is 0.180. The van der Waals surface area contributed by atoms with Crippen molar-refractivity contribution in [1.29, 1.82) is 0 Å². The second-order valence-electron chi connectivity index (χ2n) is 2.33. The first kappa shape index (κ1) is 8.74. The molecule has 2 heterocycles. The molecule has 0 aromatic carbocycles. The molecule has 2 N–H and O–H groups in total. The van der Waals surface area contributed by atoms with E-state index in [-0.39, 0.29) is 5.88 Å². The van der Waals surface area contributed by atoms with E-state index in [1.54, 1.807) is 0 Å². The Bertz CT molecular complexity index is 504. The molecule has 68 valence electrons. The molecule has 6 heteroatoms. The first-order valence-electron chi connectivity index (χ1n) is 3.33. The molecular formula is C7H4BrNO3S. The van der Waals surface area contributed by atoms with Crippen molar-refractivity contribution in [2.45, 2.75) is 0 Å². The van der Waals surface area contributed by atoms with Crippen LogP contribution in [-0.2, 0) is 0 Å². The van der Waals surface area contributed by atoms with Crippen molar-refractivity contribution in [3.8, 4) is 0 Å². The SMILES string of the molecule is ONc1cc(=S)c2occ(Br)c2o1. The Morgan fingerprint density at radius 2 is 2.23 bits per heavy atom. The fourth-order valence-corrected chi connectivity index (χ4v) is 1.57. The van der Waals surface area contributed by atoms with Crippen molar-refractivity contribution in [1.82, 2.24) is 0 Å². The third-order valence-corrected chi connectivity index (χ3v) is 2.36. The van der Waals surface area contributed by atoms with E-state index >= 15 is 0 Å². The molecule has 13 heavy (non-hydrogen) atoms. The Morgan fingerprint density at radius 3 is 2.92 bits per heavy atom. The van der Waals surface area contributed by atoms with Gasteiger partial charge in [-0.1, -0.05) is 12.2 Å². The van der Waals surface area contributed by atoms with Gasteiger partial charge >= 0.3 is 0 Å². The lowest BCUT2D eigenvalue weighted by Crippen LogP contribution is -1.87. The molecule has 0 atom stereocenters. The lowest BCUT2D eigenvalue weighted by Gasteiger charge is -1.96. The molecule has 2 rings (SSSR count). The van der Waals surface area contributed by atoms with E-state index in [2.05, 4.69) is 15.9 Å². The van der Waals surface area contributed by atoms with Crippen LogP contribution in [0, 0.1) is 4.51 Å². The summed E-state index contributed by atoms with van der Waals surface area (Å²) >= 11 is 8.22. The fraction of sp³-hybridized carbons (Fsp3) is 0. The molecule has 0 aliphatic carbocycles. The Balaban J connectivity index is 2.88. The number of fused-ring (bicyclic) bond motifs is 1. The van der Waals surface area contributed by atoms with Gasteiger partial charge in [-0.3, -0.25) is 5.21 Å². The van der Waals surface area contributed by atoms with Gasteiger partial charge in [-0.25, -0.2) is 5.48 Å². The predicted molar refractivity (Wildman–Crippen MR) is 52.4 cm³/mol. The van der Waals surface area contributed by atoms with E-state index in [4.69, 9.17) is 26.3 Å². The number of hydrogen-bond acceptors (Lipinski definition) is 5. The van der Waals surface area contributed by atoms with Crippen molar-refractivity contribution >= 4 is 45.2 Å². The molecule has 0 saturated carbocycles. The van der Waals surface area contributed by atoms with Gasteiger partial charge in [0.2, 0.25) is 5.88 Å². The first-order chi connectivity index (χ1) is 6.22. The molecule has 2 aromatic rings. The summed E-state index contributed by atoms with van der Waals surface area (Å²) in [6.07, 6.45) is 1.48. The largest absolute Gasteiger partial charge is 0.458 e. The van der Waals surface area contributed by atoms with Crippen LogP contribution in [0.25, 0.3) is 11.2 Å². The van der Waals surface area contributed by atoms with Crippen LogP contribution in [0.2, 0.25) is 0 Å². The number of rotatable bonds is 1. The van der Waals surface area contributed by atoms with Crippen molar-refractivity contribution in [3.63, 3.8) is 0 Å². The molecule has 0 aliphatic heterocycles. The van der Waals surface area contributed by atoms with Gasteiger partial charge in [0.15, 0.2) is 11.2 Å². The van der Waals surface area contributed by atoms with Gasteiger partial charge in [0.1, 0.15) is 6.26 Å². The molecule has 0 saturated heterocycles. The zero-order valence-corrected chi connectivity index (χ0v) is 8.61. The van der Waals surface area contributed by atoms with Crippen LogP contribution in [0.4, 0.5) is 5.88 Å². The monoisotopic (exact) mass is 261 g/mol. The van der Waals surface area contributed by atoms with Gasteiger partial charge in [-0.05, 0) is 15.9 Å². The molecule has 0 spiro atoms. The Hall–Kier alpha value is -0.850. The lowest BCUT2D eigenvalue weighted by molar-refractivity contribution is 0.364. The maximum absolute atomic E-state index is 8.61. The summed E-state index contributed by atoms with van der Waals surface area (Å²) in [5.74, 6) is 0.180. The quantitative estimate of drug-likeness (QED) is 0.609. The standard InChI is InChI=1S/C7H4BrNO3S/c8-3-2-11-7-4(13)1-5(9-10)12-6(3)7/h1-2,9-10H. The molecule has 0 fully saturated rings. The zero-order chi connectivity index (χ0) is 9.42. The highest BCUT2D eigenvalue weighted by Crippen LogP contribution is 2.29. The third kappa shape index (κ3) is 1.37. The molecule has 0 unspecified atom stereocenters. The molecule has 2 aromatic heterocycles. The van der Waals surface area contributed by atoms with Gasteiger partial charge in [0, 0.05) is 6.07 Å². The summed E-state index contributed by atoms with van der Waals surface area (Å²) in [6.45, 7) is 0. The topological polar surface area (TPSA) is 58.5 Å². The minimum Gasteiger partial charge on any atom is -0.458 e. The Labute approximate surface area is 86.2 Å². The van der Waals surface area contributed by atoms with Crippen molar-refractivity contribution < 1.29 is 14.0 Å². The average Bonchev–Trinajstić information content (AvgIpc) is 2.48. The Kier molecular flexibility index (Phi) is 2.10. The highest BCUT2D eigenvalue weighted by molar-refractivity contribution is 9.10. The van der Waals surface area contributed by atoms with Gasteiger partial charge < -0.3 is 8.83 Å². The second kappa shape index (κ2) is 3.13. The molecule has 0 radical (unpaired) electrons. The number of furan rings is 1. The van der Waals surface area contributed by atoms with E-state index in [1.165, 1.54) is 12.3 Å². The average molecular weight is 262 g/mol. The number of hydrogen-bond donors (Lipinski definition) is 2. The molecular weight excluding hydrogens is 258 g/mol. The first-order valence-corrected chi connectivity index (χ1v) is 4.53. The van der Waals surface area contributed by atoms with Crippen LogP contribution in [0.1, 0.15) is 0 Å². The summed E-state index contributed by atoms with van der Waals surface area (Å²) in [5, 5.41) is 8.61. The predicted octanol–water partition coefficient (Wildman–Crippen LogP) is 3.32. The van der Waals surface area contributed by atoms with E-state index in [0.717, 1.165) is 0 Å². The number of anilines is 1. The van der Waals surface area contributed by atoms with Crippen LogP contribution in [0.3, 0.4) is 0 Å². The highest BCUT2D eigenvalue weighted by Gasteiger charge is 2.08. The molecule has 0 amide bonds. The number of halogens is 1. The maximum Gasteiger partial charge on any atom is 0.218 e. The van der Waals surface area contributed by atoms with E-state index in [1.807, 2.05) is 5.48 Å².